The molecule has 5 heteroatoms. The molecule has 2 aromatic heterocycles. The van der Waals surface area contributed by atoms with Crippen molar-refractivity contribution in [3.63, 3.8) is 0 Å². The Labute approximate surface area is 137 Å². The molecule has 0 aromatic carbocycles. The zero-order chi connectivity index (χ0) is 11.2. The van der Waals surface area contributed by atoms with Crippen LogP contribution in [0.1, 0.15) is 6.42 Å². The van der Waals surface area contributed by atoms with Gasteiger partial charge in [0.15, 0.2) is 0 Å². The van der Waals surface area contributed by atoms with Crippen LogP contribution >= 0.6 is 0 Å². The van der Waals surface area contributed by atoms with Gasteiger partial charge in [0.05, 0.1) is 0 Å². The Hall–Kier alpha value is -0.432. The number of rotatable bonds is 0. The maximum absolute atomic E-state index is 3.66. The second-order valence-corrected chi connectivity index (χ2v) is 2.27. The molecular formula is C13H14Cl2N2Pt-4. The van der Waals surface area contributed by atoms with Crippen molar-refractivity contribution in [2.24, 2.45) is 0 Å². The fourth-order valence-electron chi connectivity index (χ4n) is 0.555. The van der Waals surface area contributed by atoms with Crippen LogP contribution in [0.5, 0.6) is 0 Å². The molecule has 0 atom stereocenters. The first-order valence-corrected chi connectivity index (χ1v) is 4.54. The molecular weight excluding hydrogens is 450 g/mol. The van der Waals surface area contributed by atoms with Crippen molar-refractivity contribution in [1.29, 1.82) is 0 Å². The van der Waals surface area contributed by atoms with Gasteiger partial charge < -0.3 is 55.1 Å². The molecule has 0 spiro atoms. The minimum absolute atomic E-state index is 0. The van der Waals surface area contributed by atoms with Gasteiger partial charge in [0, 0.05) is 0 Å². The van der Waals surface area contributed by atoms with Gasteiger partial charge in [-0.15, -0.1) is 0 Å². The Morgan fingerprint density at radius 3 is 1.17 bits per heavy atom. The van der Waals surface area contributed by atoms with Crippen LogP contribution < -0.4 is 24.8 Å². The van der Waals surface area contributed by atoms with Crippen LogP contribution in [0.2, 0.25) is 0 Å². The summed E-state index contributed by atoms with van der Waals surface area (Å²) < 4.78 is 0. The summed E-state index contributed by atoms with van der Waals surface area (Å²) in [7, 11) is 0. The number of pyridine rings is 2. The van der Waals surface area contributed by atoms with Crippen molar-refractivity contribution in [2.75, 3.05) is 0 Å². The predicted molar refractivity (Wildman–Crippen MR) is 61.5 cm³/mol. The molecule has 18 heavy (non-hydrogen) atoms. The van der Waals surface area contributed by atoms with Crippen molar-refractivity contribution in [3.05, 3.63) is 75.0 Å². The van der Waals surface area contributed by atoms with Crippen LogP contribution in [-0.4, -0.2) is 9.97 Å². The van der Waals surface area contributed by atoms with Crippen molar-refractivity contribution in [1.82, 2.24) is 9.97 Å². The van der Waals surface area contributed by atoms with Crippen LogP contribution in [0.15, 0.2) is 48.8 Å². The van der Waals surface area contributed by atoms with Crippen molar-refractivity contribution >= 4 is 0 Å². The Morgan fingerprint density at radius 1 is 0.778 bits per heavy atom. The van der Waals surface area contributed by atoms with E-state index in [1.807, 2.05) is 24.3 Å². The molecule has 0 amide bonds. The van der Waals surface area contributed by atoms with E-state index in [4.69, 9.17) is 0 Å². The minimum atomic E-state index is 0. The molecule has 2 aromatic rings. The van der Waals surface area contributed by atoms with E-state index in [0.717, 1.165) is 6.42 Å². The second kappa shape index (κ2) is 25.4. The molecule has 0 aliphatic carbocycles. The molecule has 0 aliphatic rings. The third kappa shape index (κ3) is 24.7. The first kappa shape index (κ1) is 26.2. The Kier molecular flexibility index (Phi) is 37.0. The molecule has 0 saturated carbocycles. The summed E-state index contributed by atoms with van der Waals surface area (Å²) in [6.07, 6.45) is 9.42. The largest absolute Gasteiger partial charge is 2.00 e. The van der Waals surface area contributed by atoms with Crippen LogP contribution in [-0.2, 0) is 21.1 Å². The van der Waals surface area contributed by atoms with E-state index in [1.165, 1.54) is 0 Å². The van der Waals surface area contributed by atoms with E-state index in [-0.39, 0.29) is 45.9 Å². The summed E-state index contributed by atoms with van der Waals surface area (Å²) in [5, 5.41) is 0. The fraction of sp³-hybridized carbons (Fsp3) is 0.0769. The maximum atomic E-state index is 3.66. The first-order chi connectivity index (χ1) is 7.41. The molecule has 0 N–H and O–H groups in total. The fourth-order valence-corrected chi connectivity index (χ4v) is 0.555. The van der Waals surface area contributed by atoms with Crippen LogP contribution in [0.25, 0.3) is 0 Å². The van der Waals surface area contributed by atoms with E-state index < -0.39 is 0 Å². The average Bonchev–Trinajstić information content (AvgIpc) is 2.35. The second-order valence-electron chi connectivity index (χ2n) is 2.27. The molecule has 0 fully saturated rings. The minimum Gasteiger partial charge on any atom is -1.00 e. The van der Waals surface area contributed by atoms with Crippen LogP contribution in [0.4, 0.5) is 0 Å². The van der Waals surface area contributed by atoms with Gasteiger partial charge in [-0.25, -0.2) is 0 Å². The van der Waals surface area contributed by atoms with Gasteiger partial charge in [0.1, 0.15) is 0 Å². The number of aromatic nitrogens is 2. The van der Waals surface area contributed by atoms with Gasteiger partial charge in [0.25, 0.3) is 0 Å². The third-order valence-corrected chi connectivity index (χ3v) is 1.03. The van der Waals surface area contributed by atoms with Crippen LogP contribution in [0, 0.1) is 26.2 Å². The summed E-state index contributed by atoms with van der Waals surface area (Å²) in [6, 6.07) is 11.0. The molecule has 0 radical (unpaired) electrons. The predicted octanol–water partition coefficient (Wildman–Crippen LogP) is -3.19. The Morgan fingerprint density at radius 2 is 1.11 bits per heavy atom. The molecule has 0 saturated heterocycles. The molecule has 104 valence electrons. The van der Waals surface area contributed by atoms with Crippen molar-refractivity contribution < 1.29 is 45.9 Å². The van der Waals surface area contributed by atoms with Gasteiger partial charge in [-0.3, -0.25) is 0 Å². The van der Waals surface area contributed by atoms with Crippen LogP contribution in [0.3, 0.4) is 0 Å². The maximum Gasteiger partial charge on any atom is 2.00 e. The summed E-state index contributed by atoms with van der Waals surface area (Å²) in [6.45, 7) is 6.75. The van der Waals surface area contributed by atoms with E-state index in [1.54, 1.807) is 24.5 Å². The van der Waals surface area contributed by atoms with Gasteiger partial charge in [-0.1, -0.05) is 24.8 Å². The van der Waals surface area contributed by atoms with E-state index in [0.29, 0.717) is 0 Å². The quantitative estimate of drug-likeness (QED) is 0.385. The van der Waals surface area contributed by atoms with Gasteiger partial charge >= 0.3 is 21.1 Å². The molecule has 2 rings (SSSR count). The van der Waals surface area contributed by atoms with Gasteiger partial charge in [0.2, 0.25) is 0 Å². The molecule has 2 heterocycles. The standard InChI is InChI=1S/2C5H4N.C3H6.2ClH.Pt/c2*1-2-4-6-5-3-1;1-3-2;;;/h2*1-4H;1-3H2;2*1H;/q2*-1;-2;;;+2/p-2. The smallest absolute Gasteiger partial charge is 1.00 e. The first-order valence-electron chi connectivity index (χ1n) is 4.54. The monoisotopic (exact) mass is 463 g/mol. The number of nitrogens with zero attached hydrogens (tertiary/aromatic N) is 2. The number of halogens is 2. The SMILES string of the molecule is [CH2-]C[CH2-].[Cl-].[Cl-].[Pt+2].[c-]1ccccn1.[c-]1ccccn1. The summed E-state index contributed by atoms with van der Waals surface area (Å²) in [5.41, 5.74) is 0. The van der Waals surface area contributed by atoms with Gasteiger partial charge in [-0.2, -0.15) is 36.4 Å². The number of hydrogen-bond acceptors (Lipinski definition) is 2. The van der Waals surface area contributed by atoms with E-state index >= 15 is 0 Å². The summed E-state index contributed by atoms with van der Waals surface area (Å²) >= 11 is 0. The Bertz CT molecular complexity index is 211. The van der Waals surface area contributed by atoms with E-state index in [2.05, 4.69) is 36.2 Å². The molecule has 0 bridgehead atoms. The summed E-state index contributed by atoms with van der Waals surface area (Å²) in [5.74, 6) is 0. The zero-order valence-corrected chi connectivity index (χ0v) is 13.5. The van der Waals surface area contributed by atoms with Gasteiger partial charge in [-0.05, 0) is 0 Å². The van der Waals surface area contributed by atoms with E-state index in [9.17, 15) is 0 Å². The normalized spacial score (nSPS) is 6.33. The molecule has 2 nitrogen and oxygen atoms in total. The topological polar surface area (TPSA) is 25.8 Å². The Balaban J connectivity index is -0.0000000793. The summed E-state index contributed by atoms with van der Waals surface area (Å²) in [4.78, 5) is 7.32. The zero-order valence-electron chi connectivity index (χ0n) is 9.71. The molecule has 0 aliphatic heterocycles. The number of hydrogen-bond donors (Lipinski definition) is 0. The average molecular weight is 464 g/mol. The van der Waals surface area contributed by atoms with Crippen molar-refractivity contribution in [3.8, 4) is 0 Å². The molecule has 0 unspecified atom stereocenters. The van der Waals surface area contributed by atoms with Crippen molar-refractivity contribution in [2.45, 2.75) is 6.42 Å². The third-order valence-electron chi connectivity index (χ3n) is 1.03.